The Bertz CT molecular complexity index is 745. The number of allylic oxidation sites excluding steroid dienone is 1. The van der Waals surface area contributed by atoms with E-state index in [1.54, 1.807) is 19.2 Å². The van der Waals surface area contributed by atoms with Gasteiger partial charge in [0.05, 0.1) is 28.5 Å². The Morgan fingerprint density at radius 2 is 2.00 bits per heavy atom. The Balaban J connectivity index is 2.44. The maximum atomic E-state index is 12.3. The molecule has 1 aliphatic rings. The van der Waals surface area contributed by atoms with Crippen molar-refractivity contribution < 1.29 is 27.5 Å². The van der Waals surface area contributed by atoms with Crippen LogP contribution in [0.3, 0.4) is 0 Å². The molecule has 0 aromatic heterocycles. The van der Waals surface area contributed by atoms with Crippen LogP contribution in [0.2, 0.25) is 5.02 Å². The fourth-order valence-corrected chi connectivity index (χ4v) is 2.69. The van der Waals surface area contributed by atoms with Crippen LogP contribution in [0, 0.1) is 0 Å². The number of ether oxygens (including phenoxy) is 1. The lowest BCUT2D eigenvalue weighted by atomic mass is 10.0. The molecule has 2 N–H and O–H groups in total. The van der Waals surface area contributed by atoms with Crippen molar-refractivity contribution in [1.82, 2.24) is 5.32 Å². The number of nitrogens with one attached hydrogen (secondary N) is 2. The normalized spacial score (nSPS) is 15.5. The number of rotatable bonds is 5. The maximum absolute atomic E-state index is 12.3. The molecule has 136 valence electrons. The van der Waals surface area contributed by atoms with Crippen molar-refractivity contribution >= 4 is 34.7 Å². The molecule has 1 aromatic carbocycles. The van der Waals surface area contributed by atoms with Crippen molar-refractivity contribution in [2.75, 3.05) is 18.5 Å². The van der Waals surface area contributed by atoms with E-state index in [2.05, 4.69) is 5.32 Å². The number of carbonyl (C=O) groups is 2. The molecule has 1 heterocycles. The zero-order valence-electron chi connectivity index (χ0n) is 13.5. The molecule has 5 nitrogen and oxygen atoms in total. The van der Waals surface area contributed by atoms with Gasteiger partial charge in [0.25, 0.3) is 11.8 Å². The van der Waals surface area contributed by atoms with Crippen molar-refractivity contribution in [3.05, 3.63) is 34.0 Å². The molecule has 0 atom stereocenters. The molecule has 25 heavy (non-hydrogen) atoms. The number of halogens is 4. The van der Waals surface area contributed by atoms with Crippen molar-refractivity contribution in [3.63, 3.8) is 0 Å². The average Bonchev–Trinajstić information content (AvgIpc) is 2.83. The minimum Gasteiger partial charge on any atom is -0.497 e. The zero-order valence-corrected chi connectivity index (χ0v) is 14.3. The van der Waals surface area contributed by atoms with Gasteiger partial charge >= 0.3 is 6.18 Å². The van der Waals surface area contributed by atoms with Crippen molar-refractivity contribution in [1.29, 1.82) is 0 Å². The molecule has 0 bridgehead atoms. The summed E-state index contributed by atoms with van der Waals surface area (Å²) < 4.78 is 42.3. The highest BCUT2D eigenvalue weighted by atomic mass is 35.5. The first-order chi connectivity index (χ1) is 11.7. The fraction of sp³-hybridized carbons (Fsp3) is 0.375. The van der Waals surface area contributed by atoms with E-state index in [4.69, 9.17) is 16.3 Å². The summed E-state index contributed by atoms with van der Waals surface area (Å²) in [5, 5.41) is 4.31. The van der Waals surface area contributed by atoms with Gasteiger partial charge < -0.3 is 15.4 Å². The van der Waals surface area contributed by atoms with E-state index in [0.29, 0.717) is 30.0 Å². The standard InChI is InChI=1S/C16H16ClF3N2O3/c1-3-12(25-4-2)13-9-5-8(14(23)21-7-16(18,19)20)10(17)6-11(9)22-15(13)24/h5-6H,3-4,7H2,1-2H3,(H,21,23)(H,22,24)/b13-12-. The van der Waals surface area contributed by atoms with Crippen molar-refractivity contribution in [3.8, 4) is 0 Å². The van der Waals surface area contributed by atoms with E-state index in [1.807, 2.05) is 0 Å². The third-order valence-corrected chi connectivity index (χ3v) is 3.78. The third kappa shape index (κ3) is 4.25. The van der Waals surface area contributed by atoms with Crippen molar-refractivity contribution in [2.24, 2.45) is 0 Å². The van der Waals surface area contributed by atoms with Crippen molar-refractivity contribution in [2.45, 2.75) is 26.4 Å². The Labute approximate surface area is 147 Å². The zero-order chi connectivity index (χ0) is 18.8. The van der Waals surface area contributed by atoms with Gasteiger partial charge in [-0.25, -0.2) is 0 Å². The van der Waals surface area contributed by atoms with Crippen LogP contribution >= 0.6 is 11.6 Å². The molecule has 0 fully saturated rings. The monoisotopic (exact) mass is 376 g/mol. The second kappa shape index (κ2) is 7.35. The predicted octanol–water partition coefficient (Wildman–Crippen LogP) is 3.74. The van der Waals surface area contributed by atoms with Crippen LogP contribution in [0.1, 0.15) is 36.2 Å². The Morgan fingerprint density at radius 1 is 1.32 bits per heavy atom. The summed E-state index contributed by atoms with van der Waals surface area (Å²) in [6.45, 7) is 2.44. The molecule has 0 saturated heterocycles. The lowest BCUT2D eigenvalue weighted by molar-refractivity contribution is -0.123. The minimum atomic E-state index is -4.54. The quantitative estimate of drug-likeness (QED) is 0.607. The maximum Gasteiger partial charge on any atom is 0.405 e. The molecule has 0 radical (unpaired) electrons. The first kappa shape index (κ1) is 19.1. The number of carbonyl (C=O) groups excluding carboxylic acids is 2. The number of hydrogen-bond donors (Lipinski definition) is 2. The fourth-order valence-electron chi connectivity index (χ4n) is 2.44. The summed E-state index contributed by atoms with van der Waals surface area (Å²) in [7, 11) is 0. The molecule has 0 saturated carbocycles. The second-order valence-electron chi connectivity index (χ2n) is 5.21. The number of hydrogen-bond acceptors (Lipinski definition) is 3. The van der Waals surface area contributed by atoms with Gasteiger partial charge in [-0.2, -0.15) is 13.2 Å². The van der Waals surface area contributed by atoms with Gasteiger partial charge in [0.2, 0.25) is 0 Å². The first-order valence-electron chi connectivity index (χ1n) is 7.54. The average molecular weight is 377 g/mol. The van der Waals surface area contributed by atoms with Gasteiger partial charge in [-0.15, -0.1) is 0 Å². The molecular formula is C16H16ClF3N2O3. The lowest BCUT2D eigenvalue weighted by Gasteiger charge is -2.12. The summed E-state index contributed by atoms with van der Waals surface area (Å²) in [4.78, 5) is 24.2. The predicted molar refractivity (Wildman–Crippen MR) is 87.3 cm³/mol. The van der Waals surface area contributed by atoms with Crippen LogP contribution in [0.15, 0.2) is 17.9 Å². The number of amides is 2. The Kier molecular flexibility index (Phi) is 5.62. The van der Waals surface area contributed by atoms with Crippen LogP contribution in [0.5, 0.6) is 0 Å². The van der Waals surface area contributed by atoms with Gasteiger partial charge in [0, 0.05) is 12.0 Å². The molecule has 1 aromatic rings. The van der Waals surface area contributed by atoms with Gasteiger partial charge in [0.1, 0.15) is 12.3 Å². The lowest BCUT2D eigenvalue weighted by Crippen LogP contribution is -2.33. The molecule has 0 aliphatic carbocycles. The third-order valence-electron chi connectivity index (χ3n) is 3.46. The molecule has 9 heteroatoms. The molecular weight excluding hydrogens is 361 g/mol. The van der Waals surface area contributed by atoms with Crippen LogP contribution in [-0.2, 0) is 9.53 Å². The van der Waals surface area contributed by atoms with Crippen LogP contribution in [0.25, 0.3) is 5.57 Å². The molecule has 1 aliphatic heterocycles. The number of anilines is 1. The summed E-state index contributed by atoms with van der Waals surface area (Å²) in [6, 6.07) is 2.63. The van der Waals surface area contributed by atoms with E-state index in [-0.39, 0.29) is 16.2 Å². The minimum absolute atomic E-state index is 0.0607. The Hall–Kier alpha value is -2.22. The highest BCUT2D eigenvalue weighted by molar-refractivity contribution is 6.37. The molecule has 2 amide bonds. The SMILES string of the molecule is CCO/C(CC)=C1\C(=O)Nc2cc(Cl)c(C(=O)NCC(F)(F)F)cc21. The largest absolute Gasteiger partial charge is 0.497 e. The number of benzene rings is 1. The summed E-state index contributed by atoms with van der Waals surface area (Å²) in [5.74, 6) is -0.953. The van der Waals surface area contributed by atoms with Crippen LogP contribution < -0.4 is 10.6 Å². The van der Waals surface area contributed by atoms with E-state index < -0.39 is 24.5 Å². The number of alkyl halides is 3. The highest BCUT2D eigenvalue weighted by Gasteiger charge is 2.32. The smallest absolute Gasteiger partial charge is 0.405 e. The van der Waals surface area contributed by atoms with Crippen LogP contribution in [0.4, 0.5) is 18.9 Å². The molecule has 0 spiro atoms. The topological polar surface area (TPSA) is 67.4 Å². The van der Waals surface area contributed by atoms with Gasteiger partial charge in [-0.05, 0) is 19.1 Å². The summed E-state index contributed by atoms with van der Waals surface area (Å²) >= 11 is 5.98. The van der Waals surface area contributed by atoms with Gasteiger partial charge in [-0.3, -0.25) is 9.59 Å². The molecule has 0 unspecified atom stereocenters. The second-order valence-corrected chi connectivity index (χ2v) is 5.62. The van der Waals surface area contributed by atoms with E-state index in [9.17, 15) is 22.8 Å². The van der Waals surface area contributed by atoms with Gasteiger partial charge in [-0.1, -0.05) is 18.5 Å². The van der Waals surface area contributed by atoms with Gasteiger partial charge in [0.15, 0.2) is 0 Å². The molecule has 2 rings (SSSR count). The van der Waals surface area contributed by atoms with E-state index in [0.717, 1.165) is 0 Å². The summed E-state index contributed by atoms with van der Waals surface area (Å²) in [6.07, 6.45) is -4.10. The Morgan fingerprint density at radius 3 is 2.56 bits per heavy atom. The number of fused-ring (bicyclic) bond motifs is 1. The highest BCUT2D eigenvalue weighted by Crippen LogP contribution is 2.38. The van der Waals surface area contributed by atoms with E-state index >= 15 is 0 Å². The van der Waals surface area contributed by atoms with Crippen LogP contribution in [-0.4, -0.2) is 31.1 Å². The van der Waals surface area contributed by atoms with E-state index in [1.165, 1.54) is 12.1 Å². The summed E-state index contributed by atoms with van der Waals surface area (Å²) in [5.41, 5.74) is 0.853. The first-order valence-corrected chi connectivity index (χ1v) is 7.91.